The summed E-state index contributed by atoms with van der Waals surface area (Å²) in [6.45, 7) is 2.14. The van der Waals surface area contributed by atoms with Gasteiger partial charge in [0.2, 0.25) is 0 Å². The zero-order chi connectivity index (χ0) is 18.6. The first kappa shape index (κ1) is 18.7. The molecule has 1 aliphatic rings. The summed E-state index contributed by atoms with van der Waals surface area (Å²) in [4.78, 5) is 16.7. The van der Waals surface area contributed by atoms with E-state index < -0.39 is 0 Å². The number of quaternary nitrogens is 1. The zero-order valence-corrected chi connectivity index (χ0v) is 17.3. The lowest BCUT2D eigenvalue weighted by atomic mass is 9.98. The summed E-state index contributed by atoms with van der Waals surface area (Å²) in [5.41, 5.74) is 2.54. The first-order valence-corrected chi connectivity index (χ1v) is 11.3. The molecule has 0 radical (unpaired) electrons. The topological polar surface area (TPSA) is 33.5 Å². The van der Waals surface area contributed by atoms with E-state index in [1.807, 2.05) is 35.6 Å². The third-order valence-electron chi connectivity index (χ3n) is 5.01. The van der Waals surface area contributed by atoms with Crippen LogP contribution in [0.1, 0.15) is 26.9 Å². The molecule has 3 nitrogen and oxygen atoms in total. The van der Waals surface area contributed by atoms with Crippen molar-refractivity contribution in [2.24, 2.45) is 0 Å². The van der Waals surface area contributed by atoms with Crippen molar-refractivity contribution in [3.05, 3.63) is 79.1 Å². The lowest BCUT2D eigenvalue weighted by Crippen LogP contribution is -3.14. The van der Waals surface area contributed by atoms with E-state index in [-0.39, 0.29) is 11.9 Å². The van der Waals surface area contributed by atoms with Gasteiger partial charge in [-0.1, -0.05) is 29.8 Å². The first-order chi connectivity index (χ1) is 13.2. The minimum absolute atomic E-state index is 0.118. The zero-order valence-electron chi connectivity index (χ0n) is 14.9. The highest BCUT2D eigenvalue weighted by Crippen LogP contribution is 2.31. The summed E-state index contributed by atoms with van der Waals surface area (Å²) in [5, 5.41) is 8.13. The Kier molecular flexibility index (Phi) is 5.93. The number of halogens is 1. The summed E-state index contributed by atoms with van der Waals surface area (Å²) in [7, 11) is 0. The van der Waals surface area contributed by atoms with Gasteiger partial charge in [-0.3, -0.25) is 4.79 Å². The third-order valence-corrected chi connectivity index (χ3v) is 7.18. The van der Waals surface area contributed by atoms with Gasteiger partial charge in [-0.15, -0.1) is 22.7 Å². The second-order valence-corrected chi connectivity index (χ2v) is 9.23. The maximum absolute atomic E-state index is 12.6. The highest BCUT2D eigenvalue weighted by atomic mass is 35.5. The van der Waals surface area contributed by atoms with Gasteiger partial charge in [0.05, 0.1) is 11.4 Å². The Morgan fingerprint density at radius 3 is 2.93 bits per heavy atom. The van der Waals surface area contributed by atoms with Crippen LogP contribution < -0.4 is 10.2 Å². The molecule has 1 unspecified atom stereocenters. The molecule has 2 aromatic heterocycles. The Labute approximate surface area is 172 Å². The summed E-state index contributed by atoms with van der Waals surface area (Å²) in [6.07, 6.45) is 1.85. The van der Waals surface area contributed by atoms with Crippen molar-refractivity contribution >= 4 is 40.2 Å². The van der Waals surface area contributed by atoms with E-state index in [1.165, 1.54) is 20.2 Å². The molecule has 0 aliphatic carbocycles. The molecule has 0 spiro atoms. The second kappa shape index (κ2) is 8.57. The molecule has 0 saturated carbocycles. The Bertz CT molecular complexity index is 907. The Hall–Kier alpha value is -1.66. The molecule has 3 heterocycles. The number of rotatable bonds is 6. The summed E-state index contributed by atoms with van der Waals surface area (Å²) < 4.78 is 0. The summed E-state index contributed by atoms with van der Waals surface area (Å²) in [6, 6.07) is 14.6. The maximum Gasteiger partial charge on any atom is 0.275 e. The van der Waals surface area contributed by atoms with Crippen LogP contribution in [-0.2, 0) is 17.6 Å². The predicted molar refractivity (Wildman–Crippen MR) is 113 cm³/mol. The maximum atomic E-state index is 12.6. The molecule has 27 heavy (non-hydrogen) atoms. The largest absolute Gasteiger partial charge is 0.351 e. The number of benzene rings is 1. The van der Waals surface area contributed by atoms with Crippen molar-refractivity contribution in [3.8, 4) is 0 Å². The minimum atomic E-state index is 0.118. The van der Waals surface area contributed by atoms with E-state index in [2.05, 4.69) is 34.3 Å². The predicted octanol–water partition coefficient (Wildman–Crippen LogP) is 3.35. The molecule has 2 N–H and O–H groups in total. The third kappa shape index (κ3) is 4.43. The van der Waals surface area contributed by atoms with Gasteiger partial charge >= 0.3 is 0 Å². The molecule has 4 rings (SSSR count). The van der Waals surface area contributed by atoms with Crippen LogP contribution in [0.3, 0.4) is 0 Å². The number of hydrogen-bond acceptors (Lipinski definition) is 3. The molecule has 6 heteroatoms. The number of nitrogens with one attached hydrogen (secondary N) is 2. The van der Waals surface area contributed by atoms with Crippen molar-refractivity contribution < 1.29 is 9.69 Å². The molecule has 0 bridgehead atoms. The van der Waals surface area contributed by atoms with Crippen LogP contribution in [-0.4, -0.2) is 25.5 Å². The molecular weight excluding hydrogens is 396 g/mol. The normalized spacial score (nSPS) is 18.9. The van der Waals surface area contributed by atoms with Crippen LogP contribution in [0.2, 0.25) is 5.02 Å². The van der Waals surface area contributed by atoms with Crippen LogP contribution in [0.5, 0.6) is 0 Å². The average molecular weight is 418 g/mol. The fourth-order valence-corrected chi connectivity index (χ4v) is 5.79. The van der Waals surface area contributed by atoms with Gasteiger partial charge < -0.3 is 10.2 Å². The lowest BCUT2D eigenvalue weighted by Gasteiger charge is -2.31. The van der Waals surface area contributed by atoms with E-state index in [0.717, 1.165) is 30.0 Å². The number of carbonyl (C=O) groups excluding carboxylic acids is 1. The lowest BCUT2D eigenvalue weighted by molar-refractivity contribution is -0.919. The fraction of sp³-hybridized carbons (Fsp3) is 0.286. The smallest absolute Gasteiger partial charge is 0.275 e. The molecule has 2 atom stereocenters. The van der Waals surface area contributed by atoms with Crippen LogP contribution in [0, 0.1) is 0 Å². The summed E-state index contributed by atoms with van der Waals surface area (Å²) in [5.74, 6) is 0.118. The molecule has 0 saturated heterocycles. The van der Waals surface area contributed by atoms with Crippen molar-refractivity contribution in [1.29, 1.82) is 0 Å². The van der Waals surface area contributed by atoms with Crippen LogP contribution in [0.4, 0.5) is 0 Å². The molecule has 1 aliphatic heterocycles. The standard InChI is InChI=1S/C21H21ClN2OS2/c22-16-4-1-3-15(13-16)6-9-23-20(25)14-24-10-7-18-17(8-12-27-18)21(24)19-5-2-11-26-19/h1-5,8,11-13,21H,6-7,9-10,14H2,(H,23,25)/p+1/t21-/m0/s1. The Morgan fingerprint density at radius 2 is 2.11 bits per heavy atom. The number of thiophene rings is 2. The molecule has 140 valence electrons. The SMILES string of the molecule is O=C(C[NH+]1CCc2sccc2[C@H]1c1cccs1)NCCc1cccc(Cl)c1. The van der Waals surface area contributed by atoms with E-state index in [1.54, 1.807) is 11.3 Å². The minimum Gasteiger partial charge on any atom is -0.351 e. The molecule has 3 aromatic rings. The Balaban J connectivity index is 1.38. The van der Waals surface area contributed by atoms with Crippen LogP contribution in [0.15, 0.2) is 53.2 Å². The van der Waals surface area contributed by atoms with Gasteiger partial charge in [0.25, 0.3) is 5.91 Å². The number of carbonyl (C=O) groups is 1. The monoisotopic (exact) mass is 417 g/mol. The second-order valence-electron chi connectivity index (χ2n) is 6.81. The number of fused-ring (bicyclic) bond motifs is 1. The summed E-state index contributed by atoms with van der Waals surface area (Å²) >= 11 is 9.65. The Morgan fingerprint density at radius 1 is 1.19 bits per heavy atom. The van der Waals surface area contributed by atoms with Gasteiger partial charge in [0.1, 0.15) is 6.04 Å². The van der Waals surface area contributed by atoms with E-state index in [4.69, 9.17) is 11.6 Å². The highest BCUT2D eigenvalue weighted by molar-refractivity contribution is 7.10. The van der Waals surface area contributed by atoms with Crippen molar-refractivity contribution in [2.75, 3.05) is 19.6 Å². The van der Waals surface area contributed by atoms with Crippen molar-refractivity contribution in [3.63, 3.8) is 0 Å². The molecule has 0 fully saturated rings. The molecular formula is C21H22ClN2OS2+. The van der Waals surface area contributed by atoms with Gasteiger partial charge in [-0.25, -0.2) is 0 Å². The molecule has 1 amide bonds. The highest BCUT2D eigenvalue weighted by Gasteiger charge is 2.34. The van der Waals surface area contributed by atoms with Crippen LogP contribution >= 0.6 is 34.3 Å². The molecule has 1 aromatic carbocycles. The van der Waals surface area contributed by atoms with Gasteiger partial charge in [0.15, 0.2) is 6.54 Å². The van der Waals surface area contributed by atoms with Crippen molar-refractivity contribution in [1.82, 2.24) is 5.32 Å². The first-order valence-electron chi connectivity index (χ1n) is 9.16. The average Bonchev–Trinajstić information content (AvgIpc) is 3.33. The number of amides is 1. The van der Waals surface area contributed by atoms with E-state index in [9.17, 15) is 4.79 Å². The van der Waals surface area contributed by atoms with Crippen LogP contribution in [0.25, 0.3) is 0 Å². The van der Waals surface area contributed by atoms with E-state index >= 15 is 0 Å². The number of hydrogen-bond donors (Lipinski definition) is 2. The fourth-order valence-electron chi connectivity index (χ4n) is 3.76. The van der Waals surface area contributed by atoms with Gasteiger partial charge in [0, 0.05) is 28.4 Å². The van der Waals surface area contributed by atoms with Gasteiger partial charge in [-0.05, 0) is 47.0 Å². The quantitative estimate of drug-likeness (QED) is 0.633. The van der Waals surface area contributed by atoms with Crippen molar-refractivity contribution in [2.45, 2.75) is 18.9 Å². The van der Waals surface area contributed by atoms with Gasteiger partial charge in [-0.2, -0.15) is 0 Å². The van der Waals surface area contributed by atoms with E-state index in [0.29, 0.717) is 13.1 Å².